The van der Waals surface area contributed by atoms with E-state index in [1.807, 2.05) is 30.7 Å². The van der Waals surface area contributed by atoms with Crippen molar-refractivity contribution in [1.29, 1.82) is 0 Å². The Morgan fingerprint density at radius 2 is 1.80 bits per heavy atom. The summed E-state index contributed by atoms with van der Waals surface area (Å²) in [6, 6.07) is 6.17. The van der Waals surface area contributed by atoms with Crippen LogP contribution in [0.15, 0.2) is 24.5 Å². The van der Waals surface area contributed by atoms with Crippen molar-refractivity contribution in [2.45, 2.75) is 46.8 Å². The molecule has 0 bridgehead atoms. The average Bonchev–Trinajstić information content (AvgIpc) is 2.74. The number of benzene rings is 1. The fraction of sp³-hybridized carbons (Fsp3) is 0.500. The fourth-order valence-corrected chi connectivity index (χ4v) is 2.44. The lowest BCUT2D eigenvalue weighted by molar-refractivity contribution is 0.173. The number of nitrogens with zero attached hydrogens (tertiary/aromatic N) is 3. The van der Waals surface area contributed by atoms with Gasteiger partial charge in [0.2, 0.25) is 0 Å². The van der Waals surface area contributed by atoms with Gasteiger partial charge in [0.15, 0.2) is 0 Å². The van der Waals surface area contributed by atoms with Crippen LogP contribution in [0.3, 0.4) is 0 Å². The molecular formula is C16H23N3O. The number of hydrogen-bond donors (Lipinski definition) is 1. The molecule has 1 N–H and O–H groups in total. The van der Waals surface area contributed by atoms with E-state index in [2.05, 4.69) is 30.0 Å². The largest absolute Gasteiger partial charge is 0.388 e. The number of rotatable bonds is 5. The molecule has 1 unspecified atom stereocenters. The maximum Gasteiger partial charge on any atom is 0.138 e. The van der Waals surface area contributed by atoms with E-state index in [0.717, 1.165) is 17.9 Å². The molecule has 0 aliphatic heterocycles. The number of aliphatic hydroxyl groups is 1. The number of aliphatic hydroxyl groups excluding tert-OH is 1. The Hall–Kier alpha value is -1.68. The van der Waals surface area contributed by atoms with Crippen molar-refractivity contribution in [3.8, 4) is 0 Å². The van der Waals surface area contributed by atoms with E-state index in [9.17, 15) is 5.11 Å². The summed E-state index contributed by atoms with van der Waals surface area (Å²) in [5, 5.41) is 14.7. The highest BCUT2D eigenvalue weighted by Gasteiger charge is 2.14. The standard InChI is InChI=1S/C16H23N3O/c1-11(2)9-19-16(17-10-18-19)8-15(20)14-6-12(3)5-13(4)7-14/h5-7,10-11,15,20H,8-9H2,1-4H3. The highest BCUT2D eigenvalue weighted by molar-refractivity contribution is 5.30. The summed E-state index contributed by atoms with van der Waals surface area (Å²) in [6.45, 7) is 9.21. The first-order valence-electron chi connectivity index (χ1n) is 7.08. The second-order valence-electron chi connectivity index (χ2n) is 5.89. The third-order valence-electron chi connectivity index (χ3n) is 3.24. The van der Waals surface area contributed by atoms with Crippen LogP contribution in [0.4, 0.5) is 0 Å². The Morgan fingerprint density at radius 1 is 1.15 bits per heavy atom. The molecule has 20 heavy (non-hydrogen) atoms. The van der Waals surface area contributed by atoms with Gasteiger partial charge in [-0.1, -0.05) is 43.2 Å². The van der Waals surface area contributed by atoms with E-state index in [0.29, 0.717) is 12.3 Å². The first-order chi connectivity index (χ1) is 9.45. The summed E-state index contributed by atoms with van der Waals surface area (Å²) >= 11 is 0. The fourth-order valence-electron chi connectivity index (χ4n) is 2.44. The Balaban J connectivity index is 2.15. The van der Waals surface area contributed by atoms with Crippen molar-refractivity contribution in [3.63, 3.8) is 0 Å². The van der Waals surface area contributed by atoms with Gasteiger partial charge < -0.3 is 5.11 Å². The van der Waals surface area contributed by atoms with Gasteiger partial charge in [-0.05, 0) is 25.3 Å². The molecule has 0 aliphatic carbocycles. The lowest BCUT2D eigenvalue weighted by Crippen LogP contribution is -2.13. The first kappa shape index (κ1) is 14.7. The second kappa shape index (κ2) is 6.18. The number of aryl methyl sites for hydroxylation is 2. The number of hydrogen-bond acceptors (Lipinski definition) is 3. The van der Waals surface area contributed by atoms with Crippen LogP contribution in [0, 0.1) is 19.8 Å². The van der Waals surface area contributed by atoms with Gasteiger partial charge in [-0.3, -0.25) is 0 Å². The quantitative estimate of drug-likeness (QED) is 0.911. The first-order valence-corrected chi connectivity index (χ1v) is 7.08. The van der Waals surface area contributed by atoms with E-state index in [4.69, 9.17) is 0 Å². The normalized spacial score (nSPS) is 12.9. The molecular weight excluding hydrogens is 250 g/mol. The van der Waals surface area contributed by atoms with Gasteiger partial charge in [-0.2, -0.15) is 5.10 Å². The van der Waals surface area contributed by atoms with E-state index >= 15 is 0 Å². The summed E-state index contributed by atoms with van der Waals surface area (Å²) in [4.78, 5) is 4.27. The van der Waals surface area contributed by atoms with E-state index < -0.39 is 6.10 Å². The molecule has 0 saturated heterocycles. The molecule has 2 rings (SSSR count). The zero-order chi connectivity index (χ0) is 14.7. The van der Waals surface area contributed by atoms with Crippen LogP contribution in [0.1, 0.15) is 42.5 Å². The van der Waals surface area contributed by atoms with Crippen molar-refractivity contribution in [3.05, 3.63) is 47.0 Å². The third-order valence-corrected chi connectivity index (χ3v) is 3.24. The maximum atomic E-state index is 10.4. The zero-order valence-electron chi connectivity index (χ0n) is 12.7. The van der Waals surface area contributed by atoms with Crippen molar-refractivity contribution >= 4 is 0 Å². The lowest BCUT2D eigenvalue weighted by atomic mass is 10.0. The Morgan fingerprint density at radius 3 is 2.40 bits per heavy atom. The zero-order valence-corrected chi connectivity index (χ0v) is 12.7. The minimum absolute atomic E-state index is 0.496. The molecule has 0 radical (unpaired) electrons. The van der Waals surface area contributed by atoms with Gasteiger partial charge in [0, 0.05) is 13.0 Å². The van der Waals surface area contributed by atoms with Crippen LogP contribution < -0.4 is 0 Å². The van der Waals surface area contributed by atoms with Gasteiger partial charge in [0.25, 0.3) is 0 Å². The summed E-state index contributed by atoms with van der Waals surface area (Å²) in [5.74, 6) is 1.35. The smallest absolute Gasteiger partial charge is 0.138 e. The van der Waals surface area contributed by atoms with E-state index in [1.54, 1.807) is 6.33 Å². The predicted octanol–water partition coefficient (Wildman–Crippen LogP) is 2.83. The van der Waals surface area contributed by atoms with Gasteiger partial charge >= 0.3 is 0 Å². The highest BCUT2D eigenvalue weighted by Crippen LogP contribution is 2.20. The SMILES string of the molecule is Cc1cc(C)cc(C(O)Cc2ncnn2CC(C)C)c1. The molecule has 1 heterocycles. The molecule has 0 aliphatic rings. The van der Waals surface area contributed by atoms with E-state index in [1.165, 1.54) is 11.1 Å². The van der Waals surface area contributed by atoms with Crippen molar-refractivity contribution in [2.24, 2.45) is 5.92 Å². The molecule has 0 amide bonds. The van der Waals surface area contributed by atoms with Crippen LogP contribution >= 0.6 is 0 Å². The van der Waals surface area contributed by atoms with Gasteiger partial charge in [0.05, 0.1) is 6.10 Å². The minimum Gasteiger partial charge on any atom is -0.388 e. The third kappa shape index (κ3) is 3.67. The summed E-state index contributed by atoms with van der Waals surface area (Å²) in [5.41, 5.74) is 3.28. The molecule has 2 aromatic rings. The predicted molar refractivity (Wildman–Crippen MR) is 79.4 cm³/mol. The highest BCUT2D eigenvalue weighted by atomic mass is 16.3. The monoisotopic (exact) mass is 273 g/mol. The molecule has 1 aromatic heterocycles. The molecule has 0 fully saturated rings. The molecule has 108 valence electrons. The van der Waals surface area contributed by atoms with Crippen LogP contribution in [0.5, 0.6) is 0 Å². The molecule has 0 spiro atoms. The maximum absolute atomic E-state index is 10.4. The molecule has 4 heteroatoms. The van der Waals surface area contributed by atoms with Gasteiger partial charge in [0.1, 0.15) is 12.2 Å². The average molecular weight is 273 g/mol. The van der Waals surface area contributed by atoms with Gasteiger partial charge in [-0.25, -0.2) is 9.67 Å². The number of aromatic nitrogens is 3. The second-order valence-corrected chi connectivity index (χ2v) is 5.89. The summed E-state index contributed by atoms with van der Waals surface area (Å²) < 4.78 is 1.89. The summed E-state index contributed by atoms with van der Waals surface area (Å²) in [6.07, 6.45) is 1.52. The molecule has 1 atom stereocenters. The van der Waals surface area contributed by atoms with Crippen LogP contribution in [-0.2, 0) is 13.0 Å². The Bertz CT molecular complexity index is 555. The van der Waals surface area contributed by atoms with Crippen LogP contribution in [-0.4, -0.2) is 19.9 Å². The van der Waals surface area contributed by atoms with Crippen molar-refractivity contribution < 1.29 is 5.11 Å². The van der Waals surface area contributed by atoms with Crippen molar-refractivity contribution in [2.75, 3.05) is 0 Å². The molecule has 4 nitrogen and oxygen atoms in total. The Labute approximate surface area is 120 Å². The molecule has 1 aromatic carbocycles. The minimum atomic E-state index is -0.538. The lowest BCUT2D eigenvalue weighted by Gasteiger charge is -2.14. The Kier molecular flexibility index (Phi) is 4.55. The van der Waals surface area contributed by atoms with Crippen molar-refractivity contribution in [1.82, 2.24) is 14.8 Å². The van der Waals surface area contributed by atoms with Gasteiger partial charge in [-0.15, -0.1) is 0 Å². The van der Waals surface area contributed by atoms with Crippen LogP contribution in [0.25, 0.3) is 0 Å². The topological polar surface area (TPSA) is 50.9 Å². The summed E-state index contributed by atoms with van der Waals surface area (Å²) in [7, 11) is 0. The van der Waals surface area contributed by atoms with E-state index in [-0.39, 0.29) is 0 Å². The van der Waals surface area contributed by atoms with Crippen LogP contribution in [0.2, 0.25) is 0 Å². The molecule has 0 saturated carbocycles.